The van der Waals surface area contributed by atoms with E-state index in [-0.39, 0.29) is 0 Å². The number of hydrogen-bond acceptors (Lipinski definition) is 0. The molecule has 0 saturated carbocycles. The van der Waals surface area contributed by atoms with Crippen LogP contribution in [-0.4, -0.2) is 4.57 Å². The SMILES string of the molecule is c1ccc2c(c1)-c1cc(-c3ccc4c5c(cccc35)-c3ccccc3-4)ccc1-n1c3ccccc3c3cccc-2c31. The highest BCUT2D eigenvalue weighted by Crippen LogP contribution is 2.51. The zero-order chi connectivity index (χ0) is 26.7. The summed E-state index contributed by atoms with van der Waals surface area (Å²) in [6.45, 7) is 0. The Morgan fingerprint density at radius 1 is 0.341 bits per heavy atom. The standard InChI is InChI=1S/C40H23N/c1-2-10-27-26(9-1)32-15-7-14-31-25(20-21-33(27)39(31)32)24-19-22-38-36(23-24)29-12-4-3-11-28(29)34-16-8-17-35-30-13-5-6-18-37(30)41(38)40(34)35/h1-23H. The zero-order valence-electron chi connectivity index (χ0n) is 22.2. The Labute approximate surface area is 237 Å². The Morgan fingerprint density at radius 3 is 1.71 bits per heavy atom. The normalized spacial score (nSPS) is 12.4. The molecule has 0 N–H and O–H groups in total. The molecule has 0 radical (unpaired) electrons. The van der Waals surface area contributed by atoms with Gasteiger partial charge in [0.2, 0.25) is 0 Å². The molecule has 0 amide bonds. The number of benzene rings is 7. The summed E-state index contributed by atoms with van der Waals surface area (Å²) in [6, 6.07) is 51.8. The predicted molar refractivity (Wildman–Crippen MR) is 173 cm³/mol. The van der Waals surface area contributed by atoms with E-state index in [4.69, 9.17) is 0 Å². The summed E-state index contributed by atoms with van der Waals surface area (Å²) >= 11 is 0. The molecule has 0 saturated heterocycles. The first-order valence-electron chi connectivity index (χ1n) is 14.3. The molecule has 2 aliphatic rings. The van der Waals surface area contributed by atoms with Gasteiger partial charge in [-0.25, -0.2) is 0 Å². The second-order valence-corrected chi connectivity index (χ2v) is 11.3. The number of rotatable bonds is 1. The van der Waals surface area contributed by atoms with Crippen molar-refractivity contribution in [3.05, 3.63) is 140 Å². The van der Waals surface area contributed by atoms with Gasteiger partial charge in [-0.05, 0) is 73.5 Å². The van der Waals surface area contributed by atoms with E-state index < -0.39 is 0 Å². The van der Waals surface area contributed by atoms with Crippen molar-refractivity contribution in [3.8, 4) is 61.3 Å². The Morgan fingerprint density at radius 2 is 0.902 bits per heavy atom. The van der Waals surface area contributed by atoms with E-state index in [1.807, 2.05) is 0 Å². The molecule has 0 bridgehead atoms. The summed E-state index contributed by atoms with van der Waals surface area (Å²) < 4.78 is 2.49. The highest BCUT2D eigenvalue weighted by Gasteiger charge is 2.26. The van der Waals surface area contributed by atoms with Gasteiger partial charge in [0.15, 0.2) is 0 Å². The van der Waals surface area contributed by atoms with Crippen molar-refractivity contribution >= 4 is 32.6 Å². The molecule has 7 aromatic carbocycles. The first kappa shape index (κ1) is 21.4. The van der Waals surface area contributed by atoms with E-state index >= 15 is 0 Å². The maximum atomic E-state index is 2.49. The molecule has 1 aliphatic carbocycles. The fourth-order valence-electron chi connectivity index (χ4n) is 7.61. The van der Waals surface area contributed by atoms with Crippen LogP contribution in [0.5, 0.6) is 0 Å². The molecule has 10 rings (SSSR count). The van der Waals surface area contributed by atoms with Crippen LogP contribution < -0.4 is 0 Å². The van der Waals surface area contributed by atoms with Crippen LogP contribution in [0.1, 0.15) is 0 Å². The molecule has 0 unspecified atom stereocenters. The average molecular weight is 518 g/mol. The van der Waals surface area contributed by atoms with E-state index in [2.05, 4.69) is 144 Å². The lowest BCUT2D eigenvalue weighted by atomic mass is 9.90. The number of para-hydroxylation sites is 2. The average Bonchev–Trinajstić information content (AvgIpc) is 3.51. The van der Waals surface area contributed by atoms with Crippen LogP contribution in [0, 0.1) is 0 Å². The maximum absolute atomic E-state index is 2.49. The Balaban J connectivity index is 1.30. The van der Waals surface area contributed by atoms with E-state index in [0.29, 0.717) is 0 Å². The summed E-state index contributed by atoms with van der Waals surface area (Å²) in [5.74, 6) is 0. The lowest BCUT2D eigenvalue weighted by molar-refractivity contribution is 1.19. The Bertz CT molecular complexity index is 2390. The summed E-state index contributed by atoms with van der Waals surface area (Å²) in [5.41, 5.74) is 16.8. The van der Waals surface area contributed by atoms with E-state index in [1.165, 1.54) is 93.9 Å². The van der Waals surface area contributed by atoms with Gasteiger partial charge < -0.3 is 4.57 Å². The van der Waals surface area contributed by atoms with Gasteiger partial charge in [-0.2, -0.15) is 0 Å². The van der Waals surface area contributed by atoms with Crippen LogP contribution in [0.2, 0.25) is 0 Å². The van der Waals surface area contributed by atoms with Gasteiger partial charge in [-0.3, -0.25) is 0 Å². The largest absolute Gasteiger partial charge is 0.308 e. The van der Waals surface area contributed by atoms with Crippen LogP contribution in [0.3, 0.4) is 0 Å². The Hall–Kier alpha value is -5.40. The number of aromatic nitrogens is 1. The van der Waals surface area contributed by atoms with E-state index in [9.17, 15) is 0 Å². The van der Waals surface area contributed by atoms with Crippen molar-refractivity contribution in [3.63, 3.8) is 0 Å². The highest BCUT2D eigenvalue weighted by atomic mass is 15.0. The molecule has 1 aliphatic heterocycles. The lowest BCUT2D eigenvalue weighted by Gasteiger charge is -2.16. The minimum absolute atomic E-state index is 1.23. The van der Waals surface area contributed by atoms with Crippen LogP contribution in [0.25, 0.3) is 93.9 Å². The summed E-state index contributed by atoms with van der Waals surface area (Å²) in [7, 11) is 0. The predicted octanol–water partition coefficient (Wildman–Crippen LogP) is 10.9. The lowest BCUT2D eigenvalue weighted by Crippen LogP contribution is -1.96. The van der Waals surface area contributed by atoms with Crippen molar-refractivity contribution < 1.29 is 0 Å². The van der Waals surface area contributed by atoms with Crippen molar-refractivity contribution in [1.82, 2.24) is 4.57 Å². The van der Waals surface area contributed by atoms with Crippen molar-refractivity contribution in [2.24, 2.45) is 0 Å². The molecular weight excluding hydrogens is 494 g/mol. The van der Waals surface area contributed by atoms with Crippen molar-refractivity contribution in [2.75, 3.05) is 0 Å². The van der Waals surface area contributed by atoms with Crippen molar-refractivity contribution in [1.29, 1.82) is 0 Å². The van der Waals surface area contributed by atoms with Crippen LogP contribution in [-0.2, 0) is 0 Å². The fraction of sp³-hybridized carbons (Fsp3) is 0. The number of fused-ring (bicyclic) bond motifs is 11. The minimum atomic E-state index is 1.23. The first-order chi connectivity index (χ1) is 20.4. The molecule has 0 atom stereocenters. The summed E-state index contributed by atoms with van der Waals surface area (Å²) in [6.07, 6.45) is 0. The van der Waals surface area contributed by atoms with E-state index in [0.717, 1.165) is 0 Å². The molecule has 2 heterocycles. The van der Waals surface area contributed by atoms with Gasteiger partial charge >= 0.3 is 0 Å². The second kappa shape index (κ2) is 7.62. The van der Waals surface area contributed by atoms with E-state index in [1.54, 1.807) is 0 Å². The second-order valence-electron chi connectivity index (χ2n) is 11.3. The molecule has 1 nitrogen and oxygen atoms in total. The molecule has 1 heteroatoms. The molecule has 0 spiro atoms. The smallest absolute Gasteiger partial charge is 0.0619 e. The monoisotopic (exact) mass is 517 g/mol. The van der Waals surface area contributed by atoms with Gasteiger partial charge in [0.1, 0.15) is 0 Å². The van der Waals surface area contributed by atoms with Crippen LogP contribution in [0.4, 0.5) is 0 Å². The third-order valence-corrected chi connectivity index (χ3v) is 9.30. The zero-order valence-corrected chi connectivity index (χ0v) is 22.2. The number of hydrogen-bond donors (Lipinski definition) is 0. The molecule has 1 aromatic heterocycles. The molecular formula is C40H23N. The quantitative estimate of drug-likeness (QED) is 0.204. The summed E-state index contributed by atoms with van der Waals surface area (Å²) in [4.78, 5) is 0. The van der Waals surface area contributed by atoms with Gasteiger partial charge in [0.05, 0.1) is 16.7 Å². The van der Waals surface area contributed by atoms with Gasteiger partial charge in [0.25, 0.3) is 0 Å². The minimum Gasteiger partial charge on any atom is -0.308 e. The first-order valence-corrected chi connectivity index (χ1v) is 14.3. The van der Waals surface area contributed by atoms with Gasteiger partial charge in [-0.1, -0.05) is 121 Å². The maximum Gasteiger partial charge on any atom is 0.0619 e. The third kappa shape index (κ3) is 2.66. The number of nitrogens with zero attached hydrogens (tertiary/aromatic N) is 1. The molecule has 41 heavy (non-hydrogen) atoms. The fourth-order valence-corrected chi connectivity index (χ4v) is 7.61. The highest BCUT2D eigenvalue weighted by molar-refractivity contribution is 6.19. The van der Waals surface area contributed by atoms with Crippen LogP contribution >= 0.6 is 0 Å². The van der Waals surface area contributed by atoms with Crippen LogP contribution in [0.15, 0.2) is 140 Å². The third-order valence-electron chi connectivity index (χ3n) is 9.30. The molecule has 8 aromatic rings. The van der Waals surface area contributed by atoms with Crippen molar-refractivity contribution in [2.45, 2.75) is 0 Å². The summed E-state index contributed by atoms with van der Waals surface area (Å²) in [5, 5.41) is 5.28. The topological polar surface area (TPSA) is 4.93 Å². The van der Waals surface area contributed by atoms with Gasteiger partial charge in [0, 0.05) is 21.9 Å². The molecule has 0 fully saturated rings. The van der Waals surface area contributed by atoms with Gasteiger partial charge in [-0.15, -0.1) is 0 Å². The molecule has 188 valence electrons. The Kier molecular flexibility index (Phi) is 3.98.